The second kappa shape index (κ2) is 6.01. The van der Waals surface area contributed by atoms with Crippen molar-refractivity contribution in [3.05, 3.63) is 52.3 Å². The molecule has 1 heterocycles. The number of H-pyrrole nitrogens is 1. The summed E-state index contributed by atoms with van der Waals surface area (Å²) in [5, 5.41) is 10.2. The number of aromatic nitrogens is 2. The Labute approximate surface area is 128 Å². The predicted molar refractivity (Wildman–Crippen MR) is 81.4 cm³/mol. The molecule has 1 aliphatic carbocycles. The average Bonchev–Trinajstić information content (AvgIpc) is 2.96. The van der Waals surface area contributed by atoms with Crippen LogP contribution in [0.5, 0.6) is 0 Å². The van der Waals surface area contributed by atoms with E-state index in [1.807, 2.05) is 0 Å². The van der Waals surface area contributed by atoms with Gasteiger partial charge in [0.1, 0.15) is 0 Å². The van der Waals surface area contributed by atoms with Gasteiger partial charge in [-0.1, -0.05) is 0 Å². The van der Waals surface area contributed by atoms with Crippen LogP contribution in [-0.2, 0) is 19.4 Å². The third-order valence-corrected chi connectivity index (χ3v) is 3.99. The van der Waals surface area contributed by atoms with Gasteiger partial charge in [-0.25, -0.2) is 0 Å². The Balaban J connectivity index is 1.65. The van der Waals surface area contributed by atoms with Crippen molar-refractivity contribution in [1.82, 2.24) is 15.5 Å². The lowest BCUT2D eigenvalue weighted by molar-refractivity contribution is 0.0947. The second-order valence-electron chi connectivity index (χ2n) is 5.46. The summed E-state index contributed by atoms with van der Waals surface area (Å²) >= 11 is 0. The van der Waals surface area contributed by atoms with Crippen LogP contribution >= 0.6 is 0 Å². The minimum absolute atomic E-state index is 0.191. The van der Waals surface area contributed by atoms with Gasteiger partial charge in [0.05, 0.1) is 12.2 Å². The SMILES string of the molecule is NC(=O)c1ccc(C(=O)NCc2n[nH]c3c2CCCC3)cc1. The molecule has 1 aromatic heterocycles. The number of amides is 2. The molecular formula is C16H18N4O2. The molecule has 0 bridgehead atoms. The Kier molecular flexibility index (Phi) is 3.91. The maximum absolute atomic E-state index is 12.1. The number of fused-ring (bicyclic) bond motifs is 1. The molecule has 2 amide bonds. The summed E-state index contributed by atoms with van der Waals surface area (Å²) in [6.07, 6.45) is 4.41. The van der Waals surface area contributed by atoms with Crippen LogP contribution in [-0.4, -0.2) is 22.0 Å². The quantitative estimate of drug-likeness (QED) is 0.793. The number of nitrogens with one attached hydrogen (secondary N) is 2. The minimum atomic E-state index is -0.505. The summed E-state index contributed by atoms with van der Waals surface area (Å²) < 4.78 is 0. The lowest BCUT2D eigenvalue weighted by Crippen LogP contribution is -2.24. The summed E-state index contributed by atoms with van der Waals surface area (Å²) in [7, 11) is 0. The van der Waals surface area contributed by atoms with Crippen LogP contribution in [0.4, 0.5) is 0 Å². The first-order valence-corrected chi connectivity index (χ1v) is 7.38. The molecule has 114 valence electrons. The van der Waals surface area contributed by atoms with E-state index in [4.69, 9.17) is 5.73 Å². The maximum atomic E-state index is 12.1. The van der Waals surface area contributed by atoms with Crippen molar-refractivity contribution in [2.45, 2.75) is 32.2 Å². The molecule has 0 saturated heterocycles. The molecule has 4 N–H and O–H groups in total. The molecule has 22 heavy (non-hydrogen) atoms. The van der Waals surface area contributed by atoms with Gasteiger partial charge < -0.3 is 11.1 Å². The zero-order valence-electron chi connectivity index (χ0n) is 12.2. The highest BCUT2D eigenvalue weighted by Crippen LogP contribution is 2.21. The lowest BCUT2D eigenvalue weighted by Gasteiger charge is -2.11. The van der Waals surface area contributed by atoms with Gasteiger partial charge >= 0.3 is 0 Å². The van der Waals surface area contributed by atoms with Crippen molar-refractivity contribution in [3.63, 3.8) is 0 Å². The van der Waals surface area contributed by atoms with Crippen LogP contribution in [0.1, 0.15) is 50.5 Å². The molecule has 0 saturated carbocycles. The summed E-state index contributed by atoms with van der Waals surface area (Å²) in [6, 6.07) is 6.28. The molecule has 0 fully saturated rings. The summed E-state index contributed by atoms with van der Waals surface area (Å²) in [5.41, 5.74) is 9.41. The Hall–Kier alpha value is -2.63. The monoisotopic (exact) mass is 298 g/mol. The normalized spacial score (nSPS) is 13.5. The van der Waals surface area contributed by atoms with Gasteiger partial charge in [0.25, 0.3) is 5.91 Å². The third kappa shape index (κ3) is 2.86. The van der Waals surface area contributed by atoms with Crippen molar-refractivity contribution < 1.29 is 9.59 Å². The van der Waals surface area contributed by atoms with Crippen molar-refractivity contribution in [1.29, 1.82) is 0 Å². The topological polar surface area (TPSA) is 101 Å². The molecule has 3 rings (SSSR count). The fraction of sp³-hybridized carbons (Fsp3) is 0.312. The van der Waals surface area contributed by atoms with E-state index in [1.54, 1.807) is 24.3 Å². The van der Waals surface area contributed by atoms with E-state index < -0.39 is 5.91 Å². The number of rotatable bonds is 4. The highest BCUT2D eigenvalue weighted by atomic mass is 16.2. The molecule has 1 aliphatic rings. The molecule has 6 nitrogen and oxygen atoms in total. The average molecular weight is 298 g/mol. The first-order chi connectivity index (χ1) is 10.6. The number of hydrogen-bond donors (Lipinski definition) is 3. The Morgan fingerprint density at radius 1 is 1.14 bits per heavy atom. The van der Waals surface area contributed by atoms with Gasteiger partial charge in [-0.15, -0.1) is 0 Å². The smallest absolute Gasteiger partial charge is 0.251 e. The minimum Gasteiger partial charge on any atom is -0.366 e. The van der Waals surface area contributed by atoms with E-state index in [-0.39, 0.29) is 5.91 Å². The van der Waals surface area contributed by atoms with Gasteiger partial charge in [-0.2, -0.15) is 5.10 Å². The molecule has 0 spiro atoms. The van der Waals surface area contributed by atoms with E-state index in [2.05, 4.69) is 15.5 Å². The van der Waals surface area contributed by atoms with Crippen molar-refractivity contribution in [3.8, 4) is 0 Å². The number of carbonyl (C=O) groups excluding carboxylic acids is 2. The van der Waals surface area contributed by atoms with Gasteiger partial charge in [0.2, 0.25) is 5.91 Å². The van der Waals surface area contributed by atoms with Crippen LogP contribution in [0.25, 0.3) is 0 Å². The number of nitrogens with zero attached hydrogens (tertiary/aromatic N) is 1. The summed E-state index contributed by atoms with van der Waals surface area (Å²) in [5.74, 6) is -0.696. The van der Waals surface area contributed by atoms with Crippen LogP contribution in [0.2, 0.25) is 0 Å². The Morgan fingerprint density at radius 2 is 1.82 bits per heavy atom. The predicted octanol–water partition coefficient (Wildman–Crippen LogP) is 1.32. The molecule has 0 atom stereocenters. The lowest BCUT2D eigenvalue weighted by atomic mass is 9.96. The van der Waals surface area contributed by atoms with Gasteiger partial charge in [0.15, 0.2) is 0 Å². The van der Waals surface area contributed by atoms with Crippen molar-refractivity contribution in [2.24, 2.45) is 5.73 Å². The number of aryl methyl sites for hydroxylation is 1. The molecule has 0 aliphatic heterocycles. The van der Waals surface area contributed by atoms with Crippen LogP contribution in [0, 0.1) is 0 Å². The van der Waals surface area contributed by atoms with Crippen LogP contribution in [0.15, 0.2) is 24.3 Å². The van der Waals surface area contributed by atoms with Crippen LogP contribution in [0.3, 0.4) is 0 Å². The number of nitrogens with two attached hydrogens (primary N) is 1. The molecular weight excluding hydrogens is 280 g/mol. The summed E-state index contributed by atoms with van der Waals surface area (Å²) in [4.78, 5) is 23.1. The number of carbonyl (C=O) groups is 2. The van der Waals surface area contributed by atoms with Crippen molar-refractivity contribution >= 4 is 11.8 Å². The molecule has 0 radical (unpaired) electrons. The number of aromatic amines is 1. The number of primary amides is 1. The van der Waals surface area contributed by atoms with E-state index in [0.29, 0.717) is 17.7 Å². The highest BCUT2D eigenvalue weighted by Gasteiger charge is 2.17. The van der Waals surface area contributed by atoms with Crippen LogP contribution < -0.4 is 11.1 Å². The van der Waals surface area contributed by atoms with Crippen molar-refractivity contribution in [2.75, 3.05) is 0 Å². The van der Waals surface area contributed by atoms with Gasteiger partial charge in [-0.3, -0.25) is 14.7 Å². The first-order valence-electron chi connectivity index (χ1n) is 7.38. The molecule has 2 aromatic rings. The fourth-order valence-corrected chi connectivity index (χ4v) is 2.75. The fourth-order valence-electron chi connectivity index (χ4n) is 2.75. The van der Waals surface area contributed by atoms with Gasteiger partial charge in [0, 0.05) is 16.8 Å². The maximum Gasteiger partial charge on any atom is 0.251 e. The zero-order chi connectivity index (χ0) is 15.5. The zero-order valence-corrected chi connectivity index (χ0v) is 12.2. The van der Waals surface area contributed by atoms with E-state index in [1.165, 1.54) is 24.1 Å². The standard InChI is InChI=1S/C16H18N4O2/c17-15(21)10-5-7-11(8-6-10)16(22)18-9-14-12-3-1-2-4-13(12)19-20-14/h5-8H,1-4,9H2,(H2,17,21)(H,18,22)(H,19,20). The van der Waals surface area contributed by atoms with E-state index >= 15 is 0 Å². The largest absolute Gasteiger partial charge is 0.366 e. The van der Waals surface area contributed by atoms with E-state index in [0.717, 1.165) is 18.5 Å². The van der Waals surface area contributed by atoms with Gasteiger partial charge in [-0.05, 0) is 55.5 Å². The molecule has 1 aromatic carbocycles. The summed E-state index contributed by atoms with van der Waals surface area (Å²) in [6.45, 7) is 0.405. The highest BCUT2D eigenvalue weighted by molar-refractivity contribution is 5.97. The van der Waals surface area contributed by atoms with E-state index in [9.17, 15) is 9.59 Å². The Bertz CT molecular complexity index is 703. The number of benzene rings is 1. The second-order valence-corrected chi connectivity index (χ2v) is 5.46. The third-order valence-electron chi connectivity index (χ3n) is 3.99. The number of hydrogen-bond acceptors (Lipinski definition) is 3. The Morgan fingerprint density at radius 3 is 2.55 bits per heavy atom. The molecule has 0 unspecified atom stereocenters. The first kappa shape index (κ1) is 14.3. The molecule has 6 heteroatoms.